The van der Waals surface area contributed by atoms with Crippen molar-refractivity contribution in [2.45, 2.75) is 20.5 Å². The number of amidine groups is 1. The van der Waals surface area contributed by atoms with Crippen LogP contribution >= 0.6 is 11.3 Å². The summed E-state index contributed by atoms with van der Waals surface area (Å²) >= 11 is 1.61. The number of rotatable bonds is 4. The van der Waals surface area contributed by atoms with E-state index in [1.165, 1.54) is 4.88 Å². The molecule has 0 aliphatic carbocycles. The Bertz CT molecular complexity index is 588. The topological polar surface area (TPSA) is 80.7 Å². The van der Waals surface area contributed by atoms with Gasteiger partial charge in [-0.1, -0.05) is 17.3 Å². The quantitative estimate of drug-likeness (QED) is 0.389. The third-order valence-corrected chi connectivity index (χ3v) is 3.74. The predicted molar refractivity (Wildman–Crippen MR) is 74.9 cm³/mol. The Kier molecular flexibility index (Phi) is 4.01. The van der Waals surface area contributed by atoms with E-state index in [1.807, 2.05) is 19.9 Å². The SMILES string of the molecule is Cc1nc(COc2ccccc2C(N)=NO)sc1C. The molecular weight excluding hydrogens is 262 g/mol. The minimum Gasteiger partial charge on any atom is -0.486 e. The van der Waals surface area contributed by atoms with Crippen LogP contribution in [0.25, 0.3) is 0 Å². The average molecular weight is 277 g/mol. The van der Waals surface area contributed by atoms with Crippen molar-refractivity contribution >= 4 is 17.2 Å². The average Bonchev–Trinajstić information content (AvgIpc) is 2.75. The van der Waals surface area contributed by atoms with E-state index in [4.69, 9.17) is 15.7 Å². The molecule has 0 aliphatic heterocycles. The minimum absolute atomic E-state index is 0.0297. The maximum atomic E-state index is 8.73. The first kappa shape index (κ1) is 13.4. The molecule has 1 aromatic carbocycles. The molecule has 0 bridgehead atoms. The summed E-state index contributed by atoms with van der Waals surface area (Å²) in [5.41, 5.74) is 7.19. The molecule has 3 N–H and O–H groups in total. The van der Waals surface area contributed by atoms with E-state index in [9.17, 15) is 0 Å². The fourth-order valence-electron chi connectivity index (χ4n) is 1.60. The lowest BCUT2D eigenvalue weighted by molar-refractivity contribution is 0.302. The summed E-state index contributed by atoms with van der Waals surface area (Å²) < 4.78 is 5.69. The number of para-hydroxylation sites is 1. The van der Waals surface area contributed by atoms with Crippen LogP contribution in [0.1, 0.15) is 21.1 Å². The van der Waals surface area contributed by atoms with E-state index in [1.54, 1.807) is 29.5 Å². The molecular formula is C13H15N3O2S. The van der Waals surface area contributed by atoms with Crippen LogP contribution in [0.15, 0.2) is 29.4 Å². The molecule has 0 saturated carbocycles. The van der Waals surface area contributed by atoms with Gasteiger partial charge in [0.1, 0.15) is 17.4 Å². The second kappa shape index (κ2) is 5.71. The van der Waals surface area contributed by atoms with Crippen molar-refractivity contribution in [3.63, 3.8) is 0 Å². The molecule has 2 aromatic rings. The lowest BCUT2D eigenvalue weighted by Gasteiger charge is -2.08. The van der Waals surface area contributed by atoms with Crippen LogP contribution in [-0.4, -0.2) is 16.0 Å². The van der Waals surface area contributed by atoms with E-state index in [0.29, 0.717) is 17.9 Å². The van der Waals surface area contributed by atoms with Crippen LogP contribution < -0.4 is 10.5 Å². The maximum absolute atomic E-state index is 8.73. The van der Waals surface area contributed by atoms with Crippen LogP contribution in [0.4, 0.5) is 0 Å². The first-order valence-electron chi connectivity index (χ1n) is 5.74. The summed E-state index contributed by atoms with van der Waals surface area (Å²) in [6, 6.07) is 7.16. The molecule has 0 amide bonds. The van der Waals surface area contributed by atoms with Gasteiger partial charge in [-0.15, -0.1) is 11.3 Å². The van der Waals surface area contributed by atoms with Crippen LogP contribution in [0.2, 0.25) is 0 Å². The molecule has 1 aromatic heterocycles. The van der Waals surface area contributed by atoms with Gasteiger partial charge in [0.2, 0.25) is 0 Å². The Morgan fingerprint density at radius 3 is 2.79 bits per heavy atom. The fraction of sp³-hybridized carbons (Fsp3) is 0.231. The largest absolute Gasteiger partial charge is 0.486 e. The normalized spacial score (nSPS) is 11.6. The molecule has 0 radical (unpaired) electrons. The smallest absolute Gasteiger partial charge is 0.173 e. The number of hydrogen-bond acceptors (Lipinski definition) is 5. The van der Waals surface area contributed by atoms with Crippen LogP contribution in [-0.2, 0) is 6.61 Å². The van der Waals surface area contributed by atoms with Crippen molar-refractivity contribution in [1.82, 2.24) is 4.98 Å². The zero-order valence-electron chi connectivity index (χ0n) is 10.8. The third-order valence-electron chi connectivity index (χ3n) is 2.69. The van der Waals surface area contributed by atoms with Gasteiger partial charge in [-0.3, -0.25) is 0 Å². The second-order valence-electron chi connectivity index (χ2n) is 4.02. The van der Waals surface area contributed by atoms with E-state index in [0.717, 1.165) is 10.7 Å². The highest BCUT2D eigenvalue weighted by molar-refractivity contribution is 7.11. The minimum atomic E-state index is 0.0297. The second-order valence-corrected chi connectivity index (χ2v) is 5.31. The molecule has 19 heavy (non-hydrogen) atoms. The maximum Gasteiger partial charge on any atom is 0.173 e. The molecule has 100 valence electrons. The summed E-state index contributed by atoms with van der Waals surface area (Å²) in [6.07, 6.45) is 0. The zero-order valence-corrected chi connectivity index (χ0v) is 11.6. The summed E-state index contributed by atoms with van der Waals surface area (Å²) in [4.78, 5) is 5.59. The summed E-state index contributed by atoms with van der Waals surface area (Å²) in [7, 11) is 0. The Hall–Kier alpha value is -2.08. The van der Waals surface area contributed by atoms with Crippen LogP contribution in [0.5, 0.6) is 5.75 Å². The van der Waals surface area contributed by atoms with E-state index >= 15 is 0 Å². The highest BCUT2D eigenvalue weighted by atomic mass is 32.1. The van der Waals surface area contributed by atoms with Crippen molar-refractivity contribution in [1.29, 1.82) is 0 Å². The van der Waals surface area contributed by atoms with Gasteiger partial charge in [-0.25, -0.2) is 4.98 Å². The van der Waals surface area contributed by atoms with Gasteiger partial charge in [0.05, 0.1) is 11.3 Å². The molecule has 0 aliphatic rings. The molecule has 0 spiro atoms. The number of nitrogens with two attached hydrogens (primary N) is 1. The third kappa shape index (κ3) is 3.03. The lowest BCUT2D eigenvalue weighted by Crippen LogP contribution is -2.14. The van der Waals surface area contributed by atoms with Gasteiger partial charge in [-0.05, 0) is 26.0 Å². The predicted octanol–water partition coefficient (Wildman–Crippen LogP) is 2.43. The molecule has 0 atom stereocenters. The van der Waals surface area contributed by atoms with E-state index in [2.05, 4.69) is 10.1 Å². The summed E-state index contributed by atoms with van der Waals surface area (Å²) in [5.74, 6) is 0.602. The number of hydrogen-bond donors (Lipinski definition) is 2. The first-order chi connectivity index (χ1) is 9.11. The number of aromatic nitrogens is 1. The van der Waals surface area contributed by atoms with Gasteiger partial charge < -0.3 is 15.7 Å². The van der Waals surface area contributed by atoms with E-state index < -0.39 is 0 Å². The van der Waals surface area contributed by atoms with E-state index in [-0.39, 0.29) is 5.84 Å². The number of aryl methyl sites for hydroxylation is 2. The number of nitrogens with zero attached hydrogens (tertiary/aromatic N) is 2. The van der Waals surface area contributed by atoms with Crippen LogP contribution in [0.3, 0.4) is 0 Å². The van der Waals surface area contributed by atoms with Crippen LogP contribution in [0, 0.1) is 13.8 Å². The highest BCUT2D eigenvalue weighted by Gasteiger charge is 2.09. The summed E-state index contributed by atoms with van der Waals surface area (Å²) in [5, 5.41) is 12.6. The van der Waals surface area contributed by atoms with Crippen molar-refractivity contribution in [3.05, 3.63) is 45.4 Å². The first-order valence-corrected chi connectivity index (χ1v) is 6.56. The standard InChI is InChI=1S/C13H15N3O2S/c1-8-9(2)19-12(15-8)7-18-11-6-4-3-5-10(11)13(14)16-17/h3-6,17H,7H2,1-2H3,(H2,14,16). The molecule has 0 saturated heterocycles. The van der Waals surface area contributed by atoms with Gasteiger partial charge in [0.15, 0.2) is 5.84 Å². The zero-order chi connectivity index (χ0) is 13.8. The Morgan fingerprint density at radius 1 is 1.42 bits per heavy atom. The number of benzene rings is 1. The Morgan fingerprint density at radius 2 is 2.16 bits per heavy atom. The van der Waals surface area contributed by atoms with Gasteiger partial charge in [0.25, 0.3) is 0 Å². The molecule has 0 fully saturated rings. The van der Waals surface area contributed by atoms with Crippen molar-refractivity contribution in [2.75, 3.05) is 0 Å². The lowest BCUT2D eigenvalue weighted by atomic mass is 10.2. The monoisotopic (exact) mass is 277 g/mol. The molecule has 6 heteroatoms. The Labute approximate surface area is 115 Å². The molecule has 2 rings (SSSR count). The van der Waals surface area contributed by atoms with Gasteiger partial charge >= 0.3 is 0 Å². The highest BCUT2D eigenvalue weighted by Crippen LogP contribution is 2.21. The fourth-order valence-corrected chi connectivity index (χ4v) is 2.45. The van der Waals surface area contributed by atoms with Crippen molar-refractivity contribution in [2.24, 2.45) is 10.9 Å². The van der Waals surface area contributed by atoms with Gasteiger partial charge in [0, 0.05) is 4.88 Å². The number of thiazole rings is 1. The molecule has 1 heterocycles. The molecule has 5 nitrogen and oxygen atoms in total. The van der Waals surface area contributed by atoms with Crippen molar-refractivity contribution < 1.29 is 9.94 Å². The molecule has 0 unspecified atom stereocenters. The number of oxime groups is 1. The van der Waals surface area contributed by atoms with Crippen molar-refractivity contribution in [3.8, 4) is 5.75 Å². The van der Waals surface area contributed by atoms with Gasteiger partial charge in [-0.2, -0.15) is 0 Å². The Balaban J connectivity index is 2.15. The summed E-state index contributed by atoms with van der Waals surface area (Å²) in [6.45, 7) is 4.37. The number of ether oxygens (including phenoxy) is 1.